The van der Waals surface area contributed by atoms with Crippen LogP contribution in [0.15, 0.2) is 53.4 Å². The number of anilines is 1. The molecule has 0 atom stereocenters. The van der Waals surface area contributed by atoms with E-state index >= 15 is 0 Å². The number of hydrogen-bond donors (Lipinski definition) is 2. The number of para-hydroxylation sites is 1. The minimum absolute atomic E-state index is 0.103. The Labute approximate surface area is 188 Å². The van der Waals surface area contributed by atoms with Gasteiger partial charge in [0.1, 0.15) is 5.75 Å². The van der Waals surface area contributed by atoms with Crippen LogP contribution in [0.2, 0.25) is 0 Å². The van der Waals surface area contributed by atoms with Crippen molar-refractivity contribution in [2.75, 3.05) is 45.2 Å². The van der Waals surface area contributed by atoms with Crippen molar-refractivity contribution in [3.05, 3.63) is 54.1 Å². The largest absolute Gasteiger partial charge is 0.493 e. The minimum atomic E-state index is -3.53. The fourth-order valence-electron chi connectivity index (χ4n) is 3.16. The third-order valence-electron chi connectivity index (χ3n) is 4.87. The lowest BCUT2D eigenvalue weighted by Crippen LogP contribution is -2.46. The molecule has 166 valence electrons. The summed E-state index contributed by atoms with van der Waals surface area (Å²) in [6.07, 6.45) is 0. The Morgan fingerprint density at radius 2 is 1.71 bits per heavy atom. The van der Waals surface area contributed by atoms with Gasteiger partial charge in [0.25, 0.3) is 5.91 Å². The SMILES string of the molecule is CCOc1ccccc1C(=O)NC(=S)Nc1ccc(S(=O)(=O)N2CCN(C)CC2)cc1. The summed E-state index contributed by atoms with van der Waals surface area (Å²) in [5.74, 6) is 0.0829. The van der Waals surface area contributed by atoms with Gasteiger partial charge in [0.05, 0.1) is 17.1 Å². The van der Waals surface area contributed by atoms with E-state index in [4.69, 9.17) is 17.0 Å². The number of carbonyl (C=O) groups is 1. The predicted molar refractivity (Wildman–Crippen MR) is 124 cm³/mol. The molecule has 0 saturated carbocycles. The molecule has 1 aliphatic rings. The maximum absolute atomic E-state index is 12.8. The molecule has 0 unspecified atom stereocenters. The van der Waals surface area contributed by atoms with Crippen molar-refractivity contribution in [3.8, 4) is 5.75 Å². The summed E-state index contributed by atoms with van der Waals surface area (Å²) in [5, 5.41) is 5.62. The highest BCUT2D eigenvalue weighted by molar-refractivity contribution is 7.89. The van der Waals surface area contributed by atoms with E-state index in [2.05, 4.69) is 15.5 Å². The molecule has 8 nitrogen and oxygen atoms in total. The molecule has 1 amide bonds. The second-order valence-corrected chi connectivity index (χ2v) is 9.42. The number of rotatable bonds is 6. The van der Waals surface area contributed by atoms with E-state index in [1.165, 1.54) is 16.4 Å². The van der Waals surface area contributed by atoms with Crippen LogP contribution in [0, 0.1) is 0 Å². The van der Waals surface area contributed by atoms with E-state index in [9.17, 15) is 13.2 Å². The Kier molecular flexibility index (Phi) is 7.60. The Balaban J connectivity index is 1.62. The standard InChI is InChI=1S/C21H26N4O4S2/c1-3-29-19-7-5-4-6-18(19)20(26)23-21(30)22-16-8-10-17(11-9-16)31(27,28)25-14-12-24(2)13-15-25/h4-11H,3,12-15H2,1-2H3,(H2,22,23,26,30). The molecule has 0 spiro atoms. The van der Waals surface area contributed by atoms with Crippen molar-refractivity contribution in [1.82, 2.24) is 14.5 Å². The van der Waals surface area contributed by atoms with Crippen molar-refractivity contribution in [2.45, 2.75) is 11.8 Å². The summed E-state index contributed by atoms with van der Waals surface area (Å²) in [5.41, 5.74) is 0.947. The molecule has 10 heteroatoms. The molecule has 31 heavy (non-hydrogen) atoms. The van der Waals surface area contributed by atoms with E-state index in [0.29, 0.717) is 49.8 Å². The molecular weight excluding hydrogens is 436 g/mol. The van der Waals surface area contributed by atoms with E-state index in [1.54, 1.807) is 36.4 Å². The molecule has 2 aromatic carbocycles. The van der Waals surface area contributed by atoms with Crippen LogP contribution in [-0.2, 0) is 10.0 Å². The number of thiocarbonyl (C=S) groups is 1. The molecule has 2 N–H and O–H groups in total. The Morgan fingerprint density at radius 1 is 1.06 bits per heavy atom. The van der Waals surface area contributed by atoms with Crippen LogP contribution in [0.4, 0.5) is 5.69 Å². The minimum Gasteiger partial charge on any atom is -0.493 e. The number of carbonyl (C=O) groups excluding carboxylic acids is 1. The maximum atomic E-state index is 12.8. The molecule has 1 saturated heterocycles. The first kappa shape index (κ1) is 23.1. The number of amides is 1. The number of piperazine rings is 1. The Bertz CT molecular complexity index is 1030. The zero-order chi connectivity index (χ0) is 22.4. The van der Waals surface area contributed by atoms with Gasteiger partial charge in [0.2, 0.25) is 10.0 Å². The quantitative estimate of drug-likeness (QED) is 0.636. The molecule has 0 bridgehead atoms. The van der Waals surface area contributed by atoms with Crippen LogP contribution >= 0.6 is 12.2 Å². The van der Waals surface area contributed by atoms with E-state index in [-0.39, 0.29) is 10.0 Å². The molecule has 0 radical (unpaired) electrons. The number of likely N-dealkylation sites (N-methyl/N-ethyl adjacent to an activating group) is 1. The number of nitrogens with zero attached hydrogens (tertiary/aromatic N) is 2. The van der Waals surface area contributed by atoms with Crippen molar-refractivity contribution in [3.63, 3.8) is 0 Å². The summed E-state index contributed by atoms with van der Waals surface area (Å²) in [6, 6.07) is 13.2. The van der Waals surface area contributed by atoms with Gasteiger partial charge in [-0.2, -0.15) is 4.31 Å². The van der Waals surface area contributed by atoms with Gasteiger partial charge in [-0.15, -0.1) is 0 Å². The first-order chi connectivity index (χ1) is 14.8. The number of hydrogen-bond acceptors (Lipinski definition) is 6. The molecule has 1 fully saturated rings. The molecular formula is C21H26N4O4S2. The van der Waals surface area contributed by atoms with Crippen molar-refractivity contribution in [2.24, 2.45) is 0 Å². The van der Waals surface area contributed by atoms with Crippen LogP contribution in [0.5, 0.6) is 5.75 Å². The normalized spacial score (nSPS) is 15.3. The first-order valence-corrected chi connectivity index (χ1v) is 11.8. The van der Waals surface area contributed by atoms with Gasteiger partial charge < -0.3 is 15.0 Å². The van der Waals surface area contributed by atoms with E-state index in [0.717, 1.165) is 0 Å². The van der Waals surface area contributed by atoms with Gasteiger partial charge in [0, 0.05) is 31.9 Å². The fourth-order valence-corrected chi connectivity index (χ4v) is 4.79. The van der Waals surface area contributed by atoms with Crippen LogP contribution < -0.4 is 15.4 Å². The monoisotopic (exact) mass is 462 g/mol. The van der Waals surface area contributed by atoms with Crippen molar-refractivity contribution >= 4 is 38.9 Å². The summed E-state index contributed by atoms with van der Waals surface area (Å²) >= 11 is 5.22. The van der Waals surface area contributed by atoms with Gasteiger partial charge in [0.15, 0.2) is 5.11 Å². The highest BCUT2D eigenvalue weighted by Crippen LogP contribution is 2.20. The van der Waals surface area contributed by atoms with E-state index in [1.807, 2.05) is 14.0 Å². The molecule has 0 aromatic heterocycles. The van der Waals surface area contributed by atoms with Gasteiger partial charge >= 0.3 is 0 Å². The van der Waals surface area contributed by atoms with Gasteiger partial charge in [-0.3, -0.25) is 10.1 Å². The number of ether oxygens (including phenoxy) is 1. The lowest BCUT2D eigenvalue weighted by molar-refractivity contribution is 0.0974. The fraction of sp³-hybridized carbons (Fsp3) is 0.333. The average Bonchev–Trinajstić information content (AvgIpc) is 2.75. The van der Waals surface area contributed by atoms with Crippen molar-refractivity contribution in [1.29, 1.82) is 0 Å². The van der Waals surface area contributed by atoms with Crippen LogP contribution in [-0.4, -0.2) is 68.5 Å². The summed E-state index contributed by atoms with van der Waals surface area (Å²) in [7, 11) is -1.56. The molecule has 2 aromatic rings. The third-order valence-corrected chi connectivity index (χ3v) is 6.99. The highest BCUT2D eigenvalue weighted by Gasteiger charge is 2.27. The van der Waals surface area contributed by atoms with Crippen LogP contribution in [0.25, 0.3) is 0 Å². The highest BCUT2D eigenvalue weighted by atomic mass is 32.2. The lowest BCUT2D eigenvalue weighted by Gasteiger charge is -2.31. The topological polar surface area (TPSA) is 91.0 Å². The average molecular weight is 463 g/mol. The third kappa shape index (κ3) is 5.79. The van der Waals surface area contributed by atoms with Crippen molar-refractivity contribution < 1.29 is 17.9 Å². The van der Waals surface area contributed by atoms with Gasteiger partial charge in [-0.1, -0.05) is 12.1 Å². The lowest BCUT2D eigenvalue weighted by atomic mass is 10.2. The first-order valence-electron chi connectivity index (χ1n) is 9.94. The maximum Gasteiger partial charge on any atom is 0.261 e. The number of benzene rings is 2. The van der Waals surface area contributed by atoms with E-state index < -0.39 is 15.9 Å². The second-order valence-electron chi connectivity index (χ2n) is 7.07. The van der Waals surface area contributed by atoms with Crippen LogP contribution in [0.3, 0.4) is 0 Å². The van der Waals surface area contributed by atoms with Gasteiger partial charge in [-0.25, -0.2) is 8.42 Å². The predicted octanol–water partition coefficient (Wildman–Crippen LogP) is 2.15. The van der Waals surface area contributed by atoms with Crippen LogP contribution in [0.1, 0.15) is 17.3 Å². The second kappa shape index (κ2) is 10.2. The summed E-state index contributed by atoms with van der Waals surface area (Å²) in [6.45, 7) is 4.64. The zero-order valence-corrected chi connectivity index (χ0v) is 19.1. The summed E-state index contributed by atoms with van der Waals surface area (Å²) in [4.78, 5) is 14.8. The zero-order valence-electron chi connectivity index (χ0n) is 17.5. The Hall–Kier alpha value is -2.53. The van der Waals surface area contributed by atoms with Gasteiger partial charge in [-0.05, 0) is 62.6 Å². The molecule has 1 heterocycles. The molecule has 1 aliphatic heterocycles. The Morgan fingerprint density at radius 3 is 2.35 bits per heavy atom. The molecule has 3 rings (SSSR count). The number of nitrogens with one attached hydrogen (secondary N) is 2. The summed E-state index contributed by atoms with van der Waals surface area (Å²) < 4.78 is 32.6. The smallest absolute Gasteiger partial charge is 0.261 e. The molecule has 0 aliphatic carbocycles. The number of sulfonamides is 1.